The number of hydrogen-bond donors (Lipinski definition) is 0. The van der Waals surface area contributed by atoms with Crippen LogP contribution in [0.3, 0.4) is 0 Å². The van der Waals surface area contributed by atoms with Crippen LogP contribution in [-0.4, -0.2) is 9.97 Å². The molecule has 0 N–H and O–H groups in total. The van der Waals surface area contributed by atoms with Gasteiger partial charge in [0.05, 0.1) is 5.52 Å². The lowest BCUT2D eigenvalue weighted by molar-refractivity contribution is 1.33. The molecular weight excluding hydrogens is 1110 g/mol. The van der Waals surface area contributed by atoms with Gasteiger partial charge >= 0.3 is 0 Å². The first-order valence-corrected chi connectivity index (χ1v) is 31.8. The first-order valence-electron chi connectivity index (χ1n) is 31.8. The molecule has 16 aromatic carbocycles. The Morgan fingerprint density at radius 1 is 0.163 bits per heavy atom. The minimum atomic E-state index is 0.985. The SMILES string of the molecule is c1cc(-c2ccc3ccc(-c4cccc5cc(-c6ccc7cc(-c8cncc(-c9ccc%10c%11c(cccc9%11)-c9cc%11ccccc%11cc9-%10)c8)ccc7c6)ccc45)cc3c2)cc(-c2cnc3ccc(-c4ccc5c6c(cccc46)-c4cc6ccccc6cc4-5)cc3c2)c1. The monoisotopic (exact) mass is 1160 g/mol. The van der Waals surface area contributed by atoms with E-state index in [0.29, 0.717) is 0 Å². The Kier molecular flexibility index (Phi) is 10.9. The largest absolute Gasteiger partial charge is 0.263 e. The Hall–Kier alpha value is -12.1. The average molecular weight is 1160 g/mol. The van der Waals surface area contributed by atoms with Gasteiger partial charge in [-0.05, 0) is 266 Å². The fraction of sp³-hybridized carbons (Fsp3) is 0. The molecular formula is C90H52N2. The summed E-state index contributed by atoms with van der Waals surface area (Å²) in [6.07, 6.45) is 6.03. The van der Waals surface area contributed by atoms with Crippen molar-refractivity contribution in [1.29, 1.82) is 0 Å². The maximum atomic E-state index is 5.02. The fourth-order valence-electron chi connectivity index (χ4n) is 15.6. The smallest absolute Gasteiger partial charge is 0.0702 e. The molecule has 18 aromatic rings. The zero-order chi connectivity index (χ0) is 60.1. The van der Waals surface area contributed by atoms with Gasteiger partial charge in [-0.1, -0.05) is 212 Å². The highest BCUT2D eigenvalue weighted by atomic mass is 14.7. The molecule has 92 heavy (non-hydrogen) atoms. The second-order valence-corrected chi connectivity index (χ2v) is 25.2. The van der Waals surface area contributed by atoms with Crippen molar-refractivity contribution >= 4 is 86.3 Å². The average Bonchev–Trinajstić information content (AvgIpc) is 1.59. The number of nitrogens with zero attached hydrogens (tertiary/aromatic N) is 2. The highest BCUT2D eigenvalue weighted by molar-refractivity contribution is 6.22. The van der Waals surface area contributed by atoms with E-state index < -0.39 is 0 Å². The van der Waals surface area contributed by atoms with Gasteiger partial charge in [0.15, 0.2) is 0 Å². The Balaban J connectivity index is 0.567. The minimum Gasteiger partial charge on any atom is -0.263 e. The predicted molar refractivity (Wildman–Crippen MR) is 389 cm³/mol. The Bertz CT molecular complexity index is 6170. The van der Waals surface area contributed by atoms with E-state index in [0.717, 1.165) is 38.7 Å². The van der Waals surface area contributed by atoms with E-state index in [1.807, 2.05) is 18.6 Å². The zero-order valence-electron chi connectivity index (χ0n) is 49.9. The van der Waals surface area contributed by atoms with Crippen LogP contribution in [0, 0.1) is 0 Å². The Morgan fingerprint density at radius 2 is 0.533 bits per heavy atom. The lowest BCUT2D eigenvalue weighted by Crippen LogP contribution is -1.88. The van der Waals surface area contributed by atoms with Crippen molar-refractivity contribution in [3.05, 3.63) is 316 Å². The third-order valence-electron chi connectivity index (χ3n) is 20.1. The first kappa shape index (κ1) is 50.9. The van der Waals surface area contributed by atoms with Crippen LogP contribution in [0.15, 0.2) is 316 Å². The van der Waals surface area contributed by atoms with Crippen LogP contribution >= 0.6 is 0 Å². The summed E-state index contributed by atoms with van der Waals surface area (Å²) >= 11 is 0. The van der Waals surface area contributed by atoms with Gasteiger partial charge in [-0.2, -0.15) is 0 Å². The number of aromatic nitrogens is 2. The Morgan fingerprint density at radius 3 is 1.16 bits per heavy atom. The maximum absolute atomic E-state index is 5.02. The molecule has 2 heteroatoms. The standard InChI is InChI=1S/C90H52N2/c1-3-11-58-48-86-82-34-32-76(78-17-7-19-80(89(78)82)84(86)46-56(58)9-1)68-30-36-88-70(43-68)44-72(52-92-88)55-14-5-13-54(37-55)63-23-21-53-22-28-67(42-69(53)41-63)74-16-6-15-66-40-64(29-31-75(66)74)61-24-25-62-39-65(27-26-60(62)38-61)71-45-73(51-91-50-71)77-33-35-83-87-49-59-12-4-2-10-57(59)47-85(87)81-20-8-18-79(77)90(81)83/h1-52H. The van der Waals surface area contributed by atoms with E-state index in [-0.39, 0.29) is 0 Å². The van der Waals surface area contributed by atoms with Crippen molar-refractivity contribution in [3.8, 4) is 122 Å². The quantitative estimate of drug-likeness (QED) is 0.159. The van der Waals surface area contributed by atoms with Crippen LogP contribution in [-0.2, 0) is 0 Å². The van der Waals surface area contributed by atoms with Crippen molar-refractivity contribution < 1.29 is 0 Å². The number of benzene rings is 16. The molecule has 0 unspecified atom stereocenters. The van der Waals surface area contributed by atoms with Crippen LogP contribution in [0.5, 0.6) is 0 Å². The van der Waals surface area contributed by atoms with E-state index in [1.165, 1.54) is 170 Å². The second-order valence-electron chi connectivity index (χ2n) is 25.2. The molecule has 2 heterocycles. The summed E-state index contributed by atoms with van der Waals surface area (Å²) in [6.45, 7) is 0. The van der Waals surface area contributed by atoms with Crippen molar-refractivity contribution in [2.45, 2.75) is 0 Å². The van der Waals surface area contributed by atoms with E-state index in [4.69, 9.17) is 9.97 Å². The summed E-state index contributed by atoms with van der Waals surface area (Å²) in [5.41, 5.74) is 27.9. The van der Waals surface area contributed by atoms with Gasteiger partial charge in [0, 0.05) is 40.7 Å². The molecule has 2 aliphatic rings. The fourth-order valence-corrected chi connectivity index (χ4v) is 15.6. The normalized spacial score (nSPS) is 12.1. The molecule has 422 valence electrons. The van der Waals surface area contributed by atoms with Gasteiger partial charge in [-0.3, -0.25) is 9.97 Å². The molecule has 2 aromatic heterocycles. The minimum absolute atomic E-state index is 0.985. The number of rotatable bonds is 7. The van der Waals surface area contributed by atoms with Gasteiger partial charge in [-0.15, -0.1) is 0 Å². The molecule has 2 aliphatic carbocycles. The molecule has 20 rings (SSSR count). The van der Waals surface area contributed by atoms with Gasteiger partial charge in [0.1, 0.15) is 0 Å². The van der Waals surface area contributed by atoms with Crippen LogP contribution in [0.25, 0.3) is 209 Å². The van der Waals surface area contributed by atoms with E-state index in [1.54, 1.807) is 0 Å². The van der Waals surface area contributed by atoms with E-state index in [2.05, 4.69) is 297 Å². The second kappa shape index (κ2) is 19.7. The van der Waals surface area contributed by atoms with Gasteiger partial charge in [0.25, 0.3) is 0 Å². The lowest BCUT2D eigenvalue weighted by atomic mass is 9.92. The zero-order valence-corrected chi connectivity index (χ0v) is 49.9. The highest BCUT2D eigenvalue weighted by Crippen LogP contribution is 2.53. The summed E-state index contributed by atoms with van der Waals surface area (Å²) in [4.78, 5) is 9.85. The molecule has 0 amide bonds. The molecule has 0 spiro atoms. The molecule has 0 aliphatic heterocycles. The number of pyridine rings is 2. The van der Waals surface area contributed by atoms with Crippen LogP contribution in [0.1, 0.15) is 0 Å². The van der Waals surface area contributed by atoms with Crippen molar-refractivity contribution in [3.63, 3.8) is 0 Å². The first-order chi connectivity index (χ1) is 45.5. The molecule has 0 saturated carbocycles. The predicted octanol–water partition coefficient (Wildman–Crippen LogP) is 24.7. The number of hydrogen-bond acceptors (Lipinski definition) is 2. The summed E-state index contributed by atoms with van der Waals surface area (Å²) < 4.78 is 0. The lowest BCUT2D eigenvalue weighted by Gasteiger charge is -2.12. The van der Waals surface area contributed by atoms with E-state index >= 15 is 0 Å². The van der Waals surface area contributed by atoms with E-state index in [9.17, 15) is 0 Å². The molecule has 2 nitrogen and oxygen atoms in total. The molecule has 0 bridgehead atoms. The summed E-state index contributed by atoms with van der Waals surface area (Å²) in [6, 6.07) is 111. The maximum Gasteiger partial charge on any atom is 0.0702 e. The van der Waals surface area contributed by atoms with Crippen LogP contribution in [0.2, 0.25) is 0 Å². The van der Waals surface area contributed by atoms with Gasteiger partial charge < -0.3 is 0 Å². The van der Waals surface area contributed by atoms with Gasteiger partial charge in [-0.25, -0.2) is 0 Å². The highest BCUT2D eigenvalue weighted by Gasteiger charge is 2.26. The molecule has 0 saturated heterocycles. The van der Waals surface area contributed by atoms with Crippen molar-refractivity contribution in [1.82, 2.24) is 9.97 Å². The summed E-state index contributed by atoms with van der Waals surface area (Å²) in [5, 5.41) is 18.7. The molecule has 0 radical (unpaired) electrons. The topological polar surface area (TPSA) is 25.8 Å². The third kappa shape index (κ3) is 7.94. The van der Waals surface area contributed by atoms with Crippen molar-refractivity contribution in [2.75, 3.05) is 0 Å². The summed E-state index contributed by atoms with van der Waals surface area (Å²) in [5.74, 6) is 0. The van der Waals surface area contributed by atoms with Gasteiger partial charge in [0.2, 0.25) is 0 Å². The summed E-state index contributed by atoms with van der Waals surface area (Å²) in [7, 11) is 0. The molecule has 0 atom stereocenters. The number of fused-ring (bicyclic) bond motifs is 12. The Labute approximate surface area is 531 Å². The van der Waals surface area contributed by atoms with Crippen molar-refractivity contribution in [2.24, 2.45) is 0 Å². The third-order valence-corrected chi connectivity index (χ3v) is 20.1. The van der Waals surface area contributed by atoms with Crippen LogP contribution < -0.4 is 0 Å². The van der Waals surface area contributed by atoms with Crippen LogP contribution in [0.4, 0.5) is 0 Å². The molecule has 0 fully saturated rings.